The smallest absolute Gasteiger partial charge is 0.220 e. The molecule has 4 aromatic rings. The maximum atomic E-state index is 11.6. The zero-order chi connectivity index (χ0) is 19.7. The zero-order valence-corrected chi connectivity index (χ0v) is 16.9. The minimum Gasteiger partial charge on any atom is -0.371 e. The molecule has 2 N–H and O–H groups in total. The van der Waals surface area contributed by atoms with Crippen LogP contribution in [0.3, 0.4) is 0 Å². The van der Waals surface area contributed by atoms with Crippen LogP contribution in [0, 0.1) is 0 Å². The van der Waals surface area contributed by atoms with Gasteiger partial charge in [-0.15, -0.1) is 11.3 Å². The van der Waals surface area contributed by atoms with Crippen LogP contribution in [0.4, 0.5) is 5.82 Å². The summed E-state index contributed by atoms with van der Waals surface area (Å²) >= 11 is 1.62. The molecule has 0 aliphatic carbocycles. The minimum atomic E-state index is 0.0874. The highest BCUT2D eigenvalue weighted by Gasteiger charge is 2.16. The zero-order valence-electron chi connectivity index (χ0n) is 16.1. The Balaban J connectivity index is 1.65. The molecule has 28 heavy (non-hydrogen) atoms. The van der Waals surface area contributed by atoms with Gasteiger partial charge in [0.1, 0.15) is 15.2 Å². The van der Waals surface area contributed by atoms with E-state index in [2.05, 4.69) is 20.6 Å². The molecule has 144 valence electrons. The summed E-state index contributed by atoms with van der Waals surface area (Å²) in [5, 5.41) is 6.96. The Kier molecular flexibility index (Phi) is 4.95. The van der Waals surface area contributed by atoms with Crippen LogP contribution in [-0.4, -0.2) is 32.5 Å². The standard InChI is InChI=1S/C20H22N6OS/c1-4-5-14(27)22-10-12-6-8-13(9-7-12)20-25-19-17(28-20)16-15(18(21-2)24-19)23-11-26(16)3/h6-9,11H,4-5,10H2,1-3H3,(H,21,24)(H,22,27). The Labute approximate surface area is 166 Å². The SMILES string of the molecule is CCCC(=O)NCc1ccc(-c2nc3nc(NC)c4ncn(C)c4c3s2)cc1. The molecule has 1 aromatic carbocycles. The van der Waals surface area contributed by atoms with Crippen molar-refractivity contribution < 1.29 is 4.79 Å². The molecule has 0 radical (unpaired) electrons. The molecule has 0 aliphatic rings. The predicted octanol–water partition coefficient (Wildman–Crippen LogP) is 3.70. The van der Waals surface area contributed by atoms with Crippen molar-refractivity contribution in [3.8, 4) is 10.6 Å². The summed E-state index contributed by atoms with van der Waals surface area (Å²) in [6.45, 7) is 2.54. The lowest BCUT2D eigenvalue weighted by molar-refractivity contribution is -0.121. The van der Waals surface area contributed by atoms with E-state index in [1.54, 1.807) is 17.7 Å². The number of thiazole rings is 1. The van der Waals surface area contributed by atoms with Gasteiger partial charge in [0.15, 0.2) is 11.5 Å². The quantitative estimate of drug-likeness (QED) is 0.521. The first kappa shape index (κ1) is 18.4. The lowest BCUT2D eigenvalue weighted by atomic mass is 10.1. The number of nitrogens with one attached hydrogen (secondary N) is 2. The summed E-state index contributed by atoms with van der Waals surface area (Å²) < 4.78 is 3.03. The Morgan fingerprint density at radius 1 is 1.21 bits per heavy atom. The van der Waals surface area contributed by atoms with Crippen molar-refractivity contribution >= 4 is 44.4 Å². The largest absolute Gasteiger partial charge is 0.371 e. The van der Waals surface area contributed by atoms with Crippen molar-refractivity contribution in [3.05, 3.63) is 36.2 Å². The van der Waals surface area contributed by atoms with Crippen molar-refractivity contribution in [1.29, 1.82) is 0 Å². The number of amides is 1. The molecule has 3 aromatic heterocycles. The van der Waals surface area contributed by atoms with Gasteiger partial charge in [0, 0.05) is 32.6 Å². The van der Waals surface area contributed by atoms with Gasteiger partial charge in [-0.3, -0.25) is 4.79 Å². The first-order valence-electron chi connectivity index (χ1n) is 9.26. The van der Waals surface area contributed by atoms with Crippen molar-refractivity contribution in [3.63, 3.8) is 0 Å². The van der Waals surface area contributed by atoms with E-state index in [4.69, 9.17) is 4.98 Å². The first-order valence-corrected chi connectivity index (χ1v) is 10.1. The van der Waals surface area contributed by atoms with Crippen molar-refractivity contribution in [2.75, 3.05) is 12.4 Å². The molecule has 4 rings (SSSR count). The number of fused-ring (bicyclic) bond motifs is 3. The summed E-state index contributed by atoms with van der Waals surface area (Å²) in [5.41, 5.74) is 4.71. The number of aryl methyl sites for hydroxylation is 1. The fourth-order valence-electron chi connectivity index (χ4n) is 3.15. The van der Waals surface area contributed by atoms with Crippen LogP contribution in [0.2, 0.25) is 0 Å². The second-order valence-electron chi connectivity index (χ2n) is 6.66. The van der Waals surface area contributed by atoms with Gasteiger partial charge in [-0.25, -0.2) is 15.0 Å². The molecule has 0 spiro atoms. The molecule has 0 unspecified atom stereocenters. The molecule has 0 saturated carbocycles. The Morgan fingerprint density at radius 2 is 2.00 bits per heavy atom. The molecular formula is C20H22N6OS. The number of carbonyl (C=O) groups is 1. The third-order valence-corrected chi connectivity index (χ3v) is 5.71. The number of hydrogen-bond acceptors (Lipinski definition) is 6. The van der Waals surface area contributed by atoms with Gasteiger partial charge in [-0.05, 0) is 12.0 Å². The summed E-state index contributed by atoms with van der Waals surface area (Å²) in [6, 6.07) is 8.14. The second-order valence-corrected chi connectivity index (χ2v) is 7.66. The van der Waals surface area contributed by atoms with Crippen LogP contribution in [0.1, 0.15) is 25.3 Å². The number of hydrogen-bond donors (Lipinski definition) is 2. The second kappa shape index (κ2) is 7.55. The summed E-state index contributed by atoms with van der Waals surface area (Å²) in [5.74, 6) is 0.822. The van der Waals surface area contributed by atoms with Crippen LogP contribution in [0.25, 0.3) is 32.0 Å². The van der Waals surface area contributed by atoms with E-state index in [9.17, 15) is 4.79 Å². The normalized spacial score (nSPS) is 11.2. The maximum Gasteiger partial charge on any atom is 0.220 e. The minimum absolute atomic E-state index is 0.0874. The summed E-state index contributed by atoms with van der Waals surface area (Å²) in [4.78, 5) is 25.5. The molecule has 0 aliphatic heterocycles. The number of rotatable bonds is 6. The van der Waals surface area contributed by atoms with Crippen molar-refractivity contribution in [2.24, 2.45) is 7.05 Å². The van der Waals surface area contributed by atoms with E-state index in [0.717, 1.165) is 49.8 Å². The molecule has 0 atom stereocenters. The number of nitrogens with zero attached hydrogens (tertiary/aromatic N) is 4. The van der Waals surface area contributed by atoms with Crippen LogP contribution >= 0.6 is 11.3 Å². The van der Waals surface area contributed by atoms with Crippen molar-refractivity contribution in [1.82, 2.24) is 24.8 Å². The Morgan fingerprint density at radius 3 is 2.71 bits per heavy atom. The fourth-order valence-corrected chi connectivity index (χ4v) is 4.25. The monoisotopic (exact) mass is 394 g/mol. The third kappa shape index (κ3) is 3.31. The Hall–Kier alpha value is -3.00. The van der Waals surface area contributed by atoms with Crippen LogP contribution < -0.4 is 10.6 Å². The number of imidazole rings is 1. The highest BCUT2D eigenvalue weighted by molar-refractivity contribution is 7.22. The highest BCUT2D eigenvalue weighted by atomic mass is 32.1. The average Bonchev–Trinajstić information content (AvgIpc) is 3.30. The molecule has 3 heterocycles. The number of pyridine rings is 1. The molecule has 0 saturated heterocycles. The van der Waals surface area contributed by atoms with Crippen molar-refractivity contribution in [2.45, 2.75) is 26.3 Å². The molecular weight excluding hydrogens is 372 g/mol. The van der Waals surface area contributed by atoms with Crippen LogP contribution in [0.5, 0.6) is 0 Å². The molecule has 7 nitrogen and oxygen atoms in total. The van der Waals surface area contributed by atoms with E-state index in [1.807, 2.05) is 49.9 Å². The van der Waals surface area contributed by atoms with Gasteiger partial charge < -0.3 is 15.2 Å². The Bertz CT molecular complexity index is 1150. The van der Waals surface area contributed by atoms with Gasteiger partial charge in [-0.1, -0.05) is 31.2 Å². The van der Waals surface area contributed by atoms with E-state index in [-0.39, 0.29) is 5.91 Å². The first-order chi connectivity index (χ1) is 13.6. The van der Waals surface area contributed by atoms with Crippen LogP contribution in [0.15, 0.2) is 30.6 Å². The number of carbonyl (C=O) groups excluding carboxylic acids is 1. The summed E-state index contributed by atoms with van der Waals surface area (Å²) in [7, 11) is 3.82. The van der Waals surface area contributed by atoms with Gasteiger partial charge in [-0.2, -0.15) is 0 Å². The van der Waals surface area contributed by atoms with Gasteiger partial charge in [0.2, 0.25) is 5.91 Å². The average molecular weight is 395 g/mol. The molecule has 1 amide bonds. The van der Waals surface area contributed by atoms with Gasteiger partial charge >= 0.3 is 0 Å². The predicted molar refractivity (Wildman–Crippen MR) is 113 cm³/mol. The molecule has 0 bridgehead atoms. The van der Waals surface area contributed by atoms with E-state index < -0.39 is 0 Å². The van der Waals surface area contributed by atoms with E-state index in [0.29, 0.717) is 13.0 Å². The van der Waals surface area contributed by atoms with Gasteiger partial charge in [0.05, 0.1) is 11.8 Å². The lowest BCUT2D eigenvalue weighted by Crippen LogP contribution is -2.21. The van der Waals surface area contributed by atoms with Gasteiger partial charge in [0.25, 0.3) is 0 Å². The van der Waals surface area contributed by atoms with E-state index >= 15 is 0 Å². The number of aromatic nitrogens is 4. The topological polar surface area (TPSA) is 84.7 Å². The third-order valence-electron chi connectivity index (χ3n) is 4.61. The fraction of sp³-hybridized carbons (Fsp3) is 0.300. The lowest BCUT2D eigenvalue weighted by Gasteiger charge is -2.05. The molecule has 0 fully saturated rings. The number of anilines is 1. The highest BCUT2D eigenvalue weighted by Crippen LogP contribution is 2.35. The number of benzene rings is 1. The van der Waals surface area contributed by atoms with E-state index in [1.165, 1.54) is 0 Å². The summed E-state index contributed by atoms with van der Waals surface area (Å²) in [6.07, 6.45) is 3.22. The van der Waals surface area contributed by atoms with Crippen LogP contribution in [-0.2, 0) is 18.4 Å². The molecule has 8 heteroatoms. The maximum absolute atomic E-state index is 11.6.